The van der Waals surface area contributed by atoms with E-state index >= 15 is 0 Å². The van der Waals surface area contributed by atoms with Gasteiger partial charge in [-0.05, 0) is 37.9 Å². The molecule has 1 aromatic heterocycles. The number of hydrogen-bond acceptors (Lipinski definition) is 1. The van der Waals surface area contributed by atoms with Crippen molar-refractivity contribution in [1.29, 1.82) is 0 Å². The molecule has 2 N–H and O–H groups in total. The van der Waals surface area contributed by atoms with Crippen molar-refractivity contribution in [2.45, 2.75) is 19.8 Å². The number of rotatable bonds is 4. The number of aromatic nitrogens is 1. The number of benzene rings is 1. The molecule has 0 aliphatic heterocycles. The molecule has 0 unspecified atom stereocenters. The molecule has 0 radical (unpaired) electrons. The Bertz CT molecular complexity index is 535. The van der Waals surface area contributed by atoms with E-state index < -0.39 is 0 Å². The standard InChI is InChI=1S/C15H20N2/c1-12(7-5-6-10-16)14-11-17(2)15-9-4-3-8-13(14)15/h3-4,7-9,11H,5-6,10,16H2,1-2H3/b12-7+. The summed E-state index contributed by atoms with van der Waals surface area (Å²) in [6.45, 7) is 2.94. The first-order valence-corrected chi connectivity index (χ1v) is 6.15. The van der Waals surface area contributed by atoms with E-state index in [-0.39, 0.29) is 0 Å². The number of hydrogen-bond donors (Lipinski definition) is 1. The Morgan fingerprint density at radius 3 is 2.88 bits per heavy atom. The summed E-state index contributed by atoms with van der Waals surface area (Å²) in [6.07, 6.45) is 6.61. The Balaban J connectivity index is 2.38. The second-order valence-electron chi connectivity index (χ2n) is 4.49. The van der Waals surface area contributed by atoms with Crippen molar-refractivity contribution in [2.24, 2.45) is 12.8 Å². The zero-order valence-electron chi connectivity index (χ0n) is 10.6. The number of allylic oxidation sites excluding steroid dienone is 2. The average molecular weight is 228 g/mol. The van der Waals surface area contributed by atoms with E-state index in [1.165, 1.54) is 22.0 Å². The molecule has 17 heavy (non-hydrogen) atoms. The zero-order valence-corrected chi connectivity index (χ0v) is 10.6. The van der Waals surface area contributed by atoms with Crippen LogP contribution in [0.5, 0.6) is 0 Å². The van der Waals surface area contributed by atoms with Crippen molar-refractivity contribution in [3.05, 3.63) is 42.1 Å². The molecule has 2 heteroatoms. The molecule has 0 aliphatic rings. The molecule has 1 aromatic carbocycles. The summed E-state index contributed by atoms with van der Waals surface area (Å²) >= 11 is 0. The van der Waals surface area contributed by atoms with E-state index in [0.29, 0.717) is 0 Å². The molecule has 2 nitrogen and oxygen atoms in total. The first-order valence-electron chi connectivity index (χ1n) is 6.15. The average Bonchev–Trinajstić information content (AvgIpc) is 2.68. The fraction of sp³-hybridized carbons (Fsp3) is 0.333. The molecule has 0 fully saturated rings. The third-order valence-electron chi connectivity index (χ3n) is 3.18. The maximum atomic E-state index is 5.51. The molecule has 2 rings (SSSR count). The smallest absolute Gasteiger partial charge is 0.0484 e. The topological polar surface area (TPSA) is 30.9 Å². The van der Waals surface area contributed by atoms with Crippen LogP contribution < -0.4 is 5.73 Å². The van der Waals surface area contributed by atoms with Crippen LogP contribution in [-0.2, 0) is 7.05 Å². The molecule has 1 heterocycles. The van der Waals surface area contributed by atoms with Crippen LogP contribution >= 0.6 is 0 Å². The molecule has 0 amide bonds. The summed E-state index contributed by atoms with van der Waals surface area (Å²) in [6, 6.07) is 8.52. The summed E-state index contributed by atoms with van der Waals surface area (Å²) in [7, 11) is 2.10. The quantitative estimate of drug-likeness (QED) is 0.800. The van der Waals surface area contributed by atoms with E-state index in [0.717, 1.165) is 19.4 Å². The minimum Gasteiger partial charge on any atom is -0.350 e. The van der Waals surface area contributed by atoms with E-state index in [9.17, 15) is 0 Å². The second-order valence-corrected chi connectivity index (χ2v) is 4.49. The predicted octanol–water partition coefficient (Wildman–Crippen LogP) is 3.32. The highest BCUT2D eigenvalue weighted by Crippen LogP contribution is 2.26. The summed E-state index contributed by atoms with van der Waals surface area (Å²) in [4.78, 5) is 0. The van der Waals surface area contributed by atoms with Crippen molar-refractivity contribution in [1.82, 2.24) is 4.57 Å². The van der Waals surface area contributed by atoms with Gasteiger partial charge in [-0.1, -0.05) is 24.3 Å². The monoisotopic (exact) mass is 228 g/mol. The Hall–Kier alpha value is -1.54. The van der Waals surface area contributed by atoms with Crippen molar-refractivity contribution >= 4 is 16.5 Å². The van der Waals surface area contributed by atoms with Gasteiger partial charge in [-0.3, -0.25) is 0 Å². The van der Waals surface area contributed by atoms with E-state index in [1.807, 2.05) is 0 Å². The van der Waals surface area contributed by atoms with Gasteiger partial charge in [0.25, 0.3) is 0 Å². The van der Waals surface area contributed by atoms with Crippen LogP contribution in [0.1, 0.15) is 25.3 Å². The van der Waals surface area contributed by atoms with E-state index in [1.54, 1.807) is 0 Å². The van der Waals surface area contributed by atoms with Crippen LogP contribution in [0.15, 0.2) is 36.5 Å². The highest BCUT2D eigenvalue weighted by molar-refractivity contribution is 5.92. The van der Waals surface area contributed by atoms with Gasteiger partial charge in [-0.25, -0.2) is 0 Å². The fourth-order valence-electron chi connectivity index (χ4n) is 2.20. The lowest BCUT2D eigenvalue weighted by atomic mass is 10.0. The molecular weight excluding hydrogens is 208 g/mol. The minimum absolute atomic E-state index is 0.763. The molecule has 0 atom stereocenters. The second kappa shape index (κ2) is 5.19. The van der Waals surface area contributed by atoms with Crippen LogP contribution in [0.4, 0.5) is 0 Å². The Labute approximate surface area is 103 Å². The third kappa shape index (κ3) is 2.42. The lowest BCUT2D eigenvalue weighted by Crippen LogP contribution is -1.96. The highest BCUT2D eigenvalue weighted by Gasteiger charge is 2.06. The van der Waals surface area contributed by atoms with Crippen LogP contribution in [0, 0.1) is 0 Å². The van der Waals surface area contributed by atoms with Gasteiger partial charge in [0, 0.05) is 29.7 Å². The summed E-state index contributed by atoms with van der Waals surface area (Å²) in [5, 5.41) is 1.33. The van der Waals surface area contributed by atoms with Crippen molar-refractivity contribution in [2.75, 3.05) is 6.54 Å². The number of fused-ring (bicyclic) bond motifs is 1. The first kappa shape index (κ1) is 11.9. The molecule has 0 saturated heterocycles. The Morgan fingerprint density at radius 2 is 2.12 bits per heavy atom. The molecule has 2 aromatic rings. The maximum absolute atomic E-state index is 5.51. The SMILES string of the molecule is C/C(=C\CCCN)c1cn(C)c2ccccc12. The van der Waals surface area contributed by atoms with E-state index in [2.05, 4.69) is 55.1 Å². The van der Waals surface area contributed by atoms with Gasteiger partial charge in [0.15, 0.2) is 0 Å². The van der Waals surface area contributed by atoms with Crippen molar-refractivity contribution < 1.29 is 0 Å². The molecular formula is C15H20N2. The van der Waals surface area contributed by atoms with Gasteiger partial charge >= 0.3 is 0 Å². The lowest BCUT2D eigenvalue weighted by molar-refractivity contribution is 0.855. The Kier molecular flexibility index (Phi) is 3.64. The van der Waals surface area contributed by atoms with Gasteiger partial charge in [-0.2, -0.15) is 0 Å². The first-order chi connectivity index (χ1) is 8.24. The normalized spacial score (nSPS) is 12.3. The van der Waals surface area contributed by atoms with Crippen LogP contribution in [0.2, 0.25) is 0 Å². The number of nitrogens with zero attached hydrogens (tertiary/aromatic N) is 1. The largest absolute Gasteiger partial charge is 0.350 e. The number of para-hydroxylation sites is 1. The van der Waals surface area contributed by atoms with Gasteiger partial charge in [0.05, 0.1) is 0 Å². The van der Waals surface area contributed by atoms with Crippen molar-refractivity contribution in [3.8, 4) is 0 Å². The van der Waals surface area contributed by atoms with Crippen LogP contribution in [-0.4, -0.2) is 11.1 Å². The van der Waals surface area contributed by atoms with Gasteiger partial charge in [0.1, 0.15) is 0 Å². The van der Waals surface area contributed by atoms with E-state index in [4.69, 9.17) is 5.73 Å². The number of aryl methyl sites for hydroxylation is 1. The van der Waals surface area contributed by atoms with Crippen molar-refractivity contribution in [3.63, 3.8) is 0 Å². The number of unbranched alkanes of at least 4 members (excludes halogenated alkanes) is 1. The minimum atomic E-state index is 0.763. The number of nitrogens with two attached hydrogens (primary N) is 1. The fourth-order valence-corrected chi connectivity index (χ4v) is 2.20. The summed E-state index contributed by atoms with van der Waals surface area (Å²) in [5.74, 6) is 0. The molecule has 90 valence electrons. The summed E-state index contributed by atoms with van der Waals surface area (Å²) in [5.41, 5.74) is 9.48. The van der Waals surface area contributed by atoms with Gasteiger partial charge in [-0.15, -0.1) is 0 Å². The molecule has 0 bridgehead atoms. The highest BCUT2D eigenvalue weighted by atomic mass is 14.9. The zero-order chi connectivity index (χ0) is 12.3. The lowest BCUT2D eigenvalue weighted by Gasteiger charge is -1.99. The summed E-state index contributed by atoms with van der Waals surface area (Å²) < 4.78 is 2.19. The molecule has 0 spiro atoms. The predicted molar refractivity (Wildman–Crippen MR) is 74.9 cm³/mol. The van der Waals surface area contributed by atoms with Crippen LogP contribution in [0.3, 0.4) is 0 Å². The van der Waals surface area contributed by atoms with Gasteiger partial charge in [0.2, 0.25) is 0 Å². The third-order valence-corrected chi connectivity index (χ3v) is 3.18. The van der Waals surface area contributed by atoms with Crippen LogP contribution in [0.25, 0.3) is 16.5 Å². The van der Waals surface area contributed by atoms with Gasteiger partial charge < -0.3 is 10.3 Å². The maximum Gasteiger partial charge on any atom is 0.0484 e. The molecule has 0 saturated carbocycles. The molecule has 0 aliphatic carbocycles. The Morgan fingerprint density at radius 1 is 1.35 bits per heavy atom.